The molecule has 0 saturated carbocycles. The quantitative estimate of drug-likeness (QED) is 0.725. The normalized spacial score (nSPS) is 19.5. The fraction of sp³-hybridized carbons (Fsp3) is 0.333. The van der Waals surface area contributed by atoms with Crippen molar-refractivity contribution in [3.05, 3.63) is 65.5 Å². The standard InChI is InChI=1S/C21H24FN3O5S/c1-24(2)31(28,29)13-14-7-6-8-15(11-14)23-21(27)20-19(25(3)18(26)12-30-20)16-9-4-5-10-17(16)22/h4-11,19-20H,12-13H2,1-3H3,(H,23,27)/t19-,20+/m0/s1. The van der Waals surface area contributed by atoms with Gasteiger partial charge in [0.1, 0.15) is 12.4 Å². The van der Waals surface area contributed by atoms with Crippen LogP contribution in [-0.4, -0.2) is 63.3 Å². The Morgan fingerprint density at radius 3 is 2.61 bits per heavy atom. The SMILES string of the molecule is CN1C(=O)CO[C@@H](C(=O)Nc2cccc(CS(=O)(=O)N(C)C)c2)[C@@H]1c1ccccc1F. The summed E-state index contributed by atoms with van der Waals surface area (Å²) in [5, 5.41) is 2.69. The number of nitrogens with one attached hydrogen (secondary N) is 1. The molecule has 8 nitrogen and oxygen atoms in total. The van der Waals surface area contributed by atoms with Gasteiger partial charge in [-0.25, -0.2) is 17.1 Å². The van der Waals surface area contributed by atoms with Gasteiger partial charge < -0.3 is 15.0 Å². The molecule has 2 amide bonds. The number of carbonyl (C=O) groups is 2. The molecule has 1 heterocycles. The maximum atomic E-state index is 14.4. The van der Waals surface area contributed by atoms with Crippen LogP contribution in [0.3, 0.4) is 0 Å². The summed E-state index contributed by atoms with van der Waals surface area (Å²) in [6.07, 6.45) is -1.14. The number of sulfonamides is 1. The van der Waals surface area contributed by atoms with Crippen molar-refractivity contribution in [1.29, 1.82) is 0 Å². The molecule has 2 atom stereocenters. The Balaban J connectivity index is 1.84. The lowest BCUT2D eigenvalue weighted by Gasteiger charge is -2.38. The van der Waals surface area contributed by atoms with E-state index in [0.717, 1.165) is 4.31 Å². The minimum absolute atomic E-state index is 0.170. The second-order valence-electron chi connectivity index (χ2n) is 7.43. The van der Waals surface area contributed by atoms with E-state index in [0.29, 0.717) is 11.3 Å². The van der Waals surface area contributed by atoms with E-state index in [2.05, 4.69) is 5.32 Å². The van der Waals surface area contributed by atoms with Gasteiger partial charge in [0.2, 0.25) is 15.9 Å². The number of halogens is 1. The molecule has 1 fully saturated rings. The van der Waals surface area contributed by atoms with Crippen molar-refractivity contribution in [1.82, 2.24) is 9.21 Å². The molecular weight excluding hydrogens is 425 g/mol. The lowest BCUT2D eigenvalue weighted by molar-refractivity contribution is -0.160. The van der Waals surface area contributed by atoms with Crippen molar-refractivity contribution in [2.24, 2.45) is 0 Å². The average Bonchev–Trinajstić information content (AvgIpc) is 2.70. The predicted octanol–water partition coefficient (Wildman–Crippen LogP) is 1.75. The Kier molecular flexibility index (Phi) is 6.73. The highest BCUT2D eigenvalue weighted by Crippen LogP contribution is 2.31. The number of hydrogen-bond acceptors (Lipinski definition) is 5. The molecule has 1 aliphatic heterocycles. The first-order valence-electron chi connectivity index (χ1n) is 9.52. The zero-order valence-electron chi connectivity index (χ0n) is 17.4. The summed E-state index contributed by atoms with van der Waals surface area (Å²) in [4.78, 5) is 26.4. The van der Waals surface area contributed by atoms with Crippen LogP contribution in [0.4, 0.5) is 10.1 Å². The number of carbonyl (C=O) groups excluding carboxylic acids is 2. The highest BCUT2D eigenvalue weighted by atomic mass is 32.2. The lowest BCUT2D eigenvalue weighted by Crippen LogP contribution is -2.51. The van der Waals surface area contributed by atoms with Crippen LogP contribution in [0, 0.1) is 5.82 Å². The van der Waals surface area contributed by atoms with Gasteiger partial charge in [-0.2, -0.15) is 0 Å². The highest BCUT2D eigenvalue weighted by Gasteiger charge is 2.41. The third-order valence-corrected chi connectivity index (χ3v) is 6.88. The van der Waals surface area contributed by atoms with E-state index in [1.807, 2.05) is 0 Å². The first-order valence-corrected chi connectivity index (χ1v) is 11.1. The van der Waals surface area contributed by atoms with E-state index in [1.54, 1.807) is 30.3 Å². The molecule has 1 aliphatic rings. The molecule has 2 aromatic rings. The zero-order chi connectivity index (χ0) is 22.8. The van der Waals surface area contributed by atoms with Crippen molar-refractivity contribution in [2.75, 3.05) is 33.1 Å². The van der Waals surface area contributed by atoms with Gasteiger partial charge in [-0.3, -0.25) is 9.59 Å². The molecule has 10 heteroatoms. The van der Waals surface area contributed by atoms with Crippen LogP contribution in [0.1, 0.15) is 17.2 Å². The summed E-state index contributed by atoms with van der Waals surface area (Å²) in [5.74, 6) is -1.71. The molecular formula is C21H24FN3O5S. The Morgan fingerprint density at radius 2 is 1.94 bits per heavy atom. The molecule has 0 aliphatic carbocycles. The fourth-order valence-corrected chi connectivity index (χ4v) is 4.17. The van der Waals surface area contributed by atoms with Crippen LogP contribution >= 0.6 is 0 Å². The van der Waals surface area contributed by atoms with Gasteiger partial charge in [-0.15, -0.1) is 0 Å². The van der Waals surface area contributed by atoms with Gasteiger partial charge in [-0.05, 0) is 23.8 Å². The third kappa shape index (κ3) is 5.09. The Morgan fingerprint density at radius 1 is 1.23 bits per heavy atom. The Labute approximate surface area is 180 Å². The van der Waals surface area contributed by atoms with Crippen LogP contribution in [0.25, 0.3) is 0 Å². The number of ether oxygens (including phenoxy) is 1. The van der Waals surface area contributed by atoms with Gasteiger partial charge >= 0.3 is 0 Å². The van der Waals surface area contributed by atoms with E-state index in [-0.39, 0.29) is 23.8 Å². The van der Waals surface area contributed by atoms with E-state index in [9.17, 15) is 22.4 Å². The topological polar surface area (TPSA) is 96.0 Å². The number of rotatable bonds is 6. The second-order valence-corrected chi connectivity index (χ2v) is 9.61. The lowest BCUT2D eigenvalue weighted by atomic mass is 9.97. The molecule has 0 bridgehead atoms. The Bertz CT molecular complexity index is 1090. The first kappa shape index (κ1) is 22.9. The van der Waals surface area contributed by atoms with Crippen molar-refractivity contribution in [3.8, 4) is 0 Å². The zero-order valence-corrected chi connectivity index (χ0v) is 18.2. The molecule has 1 saturated heterocycles. The fourth-order valence-electron chi connectivity index (χ4n) is 3.31. The molecule has 0 radical (unpaired) electrons. The molecule has 0 spiro atoms. The summed E-state index contributed by atoms with van der Waals surface area (Å²) in [7, 11) is 0.918. The highest BCUT2D eigenvalue weighted by molar-refractivity contribution is 7.88. The predicted molar refractivity (Wildman–Crippen MR) is 113 cm³/mol. The number of anilines is 1. The molecule has 1 N–H and O–H groups in total. The number of nitrogens with zero attached hydrogens (tertiary/aromatic N) is 2. The van der Waals surface area contributed by atoms with Crippen LogP contribution in [-0.2, 0) is 30.1 Å². The summed E-state index contributed by atoms with van der Waals surface area (Å²) >= 11 is 0. The van der Waals surface area contributed by atoms with E-state index >= 15 is 0 Å². The monoisotopic (exact) mass is 449 g/mol. The van der Waals surface area contributed by atoms with Gasteiger partial charge in [0.15, 0.2) is 6.10 Å². The number of benzene rings is 2. The molecule has 3 rings (SSSR count). The minimum atomic E-state index is -3.47. The van der Waals surface area contributed by atoms with Crippen LogP contribution in [0.2, 0.25) is 0 Å². The minimum Gasteiger partial charge on any atom is -0.356 e. The van der Waals surface area contributed by atoms with Gasteiger partial charge in [-0.1, -0.05) is 30.3 Å². The summed E-state index contributed by atoms with van der Waals surface area (Å²) in [5.41, 5.74) is 1.03. The summed E-state index contributed by atoms with van der Waals surface area (Å²) < 4.78 is 45.3. The average molecular weight is 450 g/mol. The maximum absolute atomic E-state index is 14.4. The van der Waals surface area contributed by atoms with Gasteiger partial charge in [0.25, 0.3) is 5.91 Å². The van der Waals surface area contributed by atoms with Crippen LogP contribution in [0.5, 0.6) is 0 Å². The molecule has 0 unspecified atom stereocenters. The molecule has 0 aromatic heterocycles. The molecule has 2 aromatic carbocycles. The summed E-state index contributed by atoms with van der Waals surface area (Å²) in [6.45, 7) is -0.305. The number of hydrogen-bond donors (Lipinski definition) is 1. The van der Waals surface area contributed by atoms with Crippen molar-refractivity contribution in [2.45, 2.75) is 17.9 Å². The summed E-state index contributed by atoms with van der Waals surface area (Å²) in [6, 6.07) is 11.4. The Hall–Kier alpha value is -2.82. The van der Waals surface area contributed by atoms with E-state index < -0.39 is 33.9 Å². The molecule has 31 heavy (non-hydrogen) atoms. The van der Waals surface area contributed by atoms with Crippen LogP contribution < -0.4 is 5.32 Å². The van der Waals surface area contributed by atoms with Crippen molar-refractivity contribution in [3.63, 3.8) is 0 Å². The van der Waals surface area contributed by atoms with Gasteiger partial charge in [0.05, 0.1) is 11.8 Å². The maximum Gasteiger partial charge on any atom is 0.256 e. The number of morpholine rings is 1. The second kappa shape index (κ2) is 9.13. The smallest absolute Gasteiger partial charge is 0.256 e. The third-order valence-electron chi connectivity index (χ3n) is 5.07. The molecule has 166 valence electrons. The largest absolute Gasteiger partial charge is 0.356 e. The number of amides is 2. The van der Waals surface area contributed by atoms with Crippen molar-refractivity contribution >= 4 is 27.5 Å². The van der Waals surface area contributed by atoms with E-state index in [4.69, 9.17) is 4.74 Å². The number of likely N-dealkylation sites (N-methyl/N-ethyl adjacent to an activating group) is 1. The van der Waals surface area contributed by atoms with E-state index in [1.165, 1.54) is 44.2 Å². The first-order chi connectivity index (χ1) is 14.6. The van der Waals surface area contributed by atoms with Crippen LogP contribution in [0.15, 0.2) is 48.5 Å². The van der Waals surface area contributed by atoms with Gasteiger partial charge in [0, 0.05) is 32.4 Å². The van der Waals surface area contributed by atoms with Crippen molar-refractivity contribution < 1.29 is 27.1 Å².